The molecule has 0 N–H and O–H groups in total. The molecule has 1 heterocycles. The lowest BCUT2D eigenvalue weighted by Gasteiger charge is -2.41. The quantitative estimate of drug-likeness (QED) is 0.763. The van der Waals surface area contributed by atoms with Gasteiger partial charge < -0.3 is 0 Å². The van der Waals surface area contributed by atoms with Crippen molar-refractivity contribution in [2.75, 3.05) is 19.6 Å². The highest BCUT2D eigenvalue weighted by molar-refractivity contribution is 5.19. The van der Waals surface area contributed by atoms with Crippen LogP contribution in [-0.4, -0.2) is 29.7 Å². The first kappa shape index (κ1) is 16.2. The minimum atomic E-state index is 0.429. The molecule has 1 fully saturated rings. The van der Waals surface area contributed by atoms with Crippen LogP contribution in [0.5, 0.6) is 0 Å². The first-order valence-corrected chi connectivity index (χ1v) is 8.95. The van der Waals surface area contributed by atoms with Gasteiger partial charge in [0.05, 0.1) is 0 Å². The minimum absolute atomic E-state index is 0.429. The van der Waals surface area contributed by atoms with Crippen LogP contribution >= 0.6 is 0 Å². The zero-order chi connectivity index (χ0) is 15.9. The Morgan fingerprint density at radius 2 is 1.48 bits per heavy atom. The van der Waals surface area contributed by atoms with Gasteiger partial charge in [-0.3, -0.25) is 0 Å². The first-order valence-electron chi connectivity index (χ1n) is 8.95. The SMILES string of the molecule is CC(c1ccccc1)N(CCc1ccccc1)N1CCCCC1. The maximum atomic E-state index is 2.60. The Morgan fingerprint density at radius 3 is 2.13 bits per heavy atom. The second kappa shape index (κ2) is 8.28. The van der Waals surface area contributed by atoms with Crippen LogP contribution < -0.4 is 0 Å². The summed E-state index contributed by atoms with van der Waals surface area (Å²) in [6.07, 6.45) is 5.13. The number of hydrogen-bond acceptors (Lipinski definition) is 2. The van der Waals surface area contributed by atoms with Gasteiger partial charge in [-0.1, -0.05) is 67.1 Å². The Labute approximate surface area is 140 Å². The number of piperidine rings is 1. The Morgan fingerprint density at radius 1 is 0.870 bits per heavy atom. The molecule has 0 amide bonds. The van der Waals surface area contributed by atoms with Crippen molar-refractivity contribution in [2.45, 2.75) is 38.6 Å². The van der Waals surface area contributed by atoms with E-state index >= 15 is 0 Å². The molecule has 1 unspecified atom stereocenters. The molecule has 23 heavy (non-hydrogen) atoms. The molecule has 0 saturated carbocycles. The molecule has 3 rings (SSSR count). The van der Waals surface area contributed by atoms with Crippen LogP contribution in [0, 0.1) is 0 Å². The maximum absolute atomic E-state index is 2.60. The third-order valence-corrected chi connectivity index (χ3v) is 4.90. The summed E-state index contributed by atoms with van der Waals surface area (Å²) >= 11 is 0. The van der Waals surface area contributed by atoms with Crippen molar-refractivity contribution in [3.63, 3.8) is 0 Å². The van der Waals surface area contributed by atoms with Gasteiger partial charge in [-0.05, 0) is 37.3 Å². The number of hydrazine groups is 1. The van der Waals surface area contributed by atoms with E-state index in [-0.39, 0.29) is 0 Å². The Bertz CT molecular complexity index is 561. The second-order valence-corrected chi connectivity index (χ2v) is 6.50. The predicted octanol–water partition coefficient (Wildman–Crippen LogP) is 4.69. The van der Waals surface area contributed by atoms with E-state index in [0.29, 0.717) is 6.04 Å². The highest BCUT2D eigenvalue weighted by Crippen LogP contribution is 2.24. The molecule has 1 saturated heterocycles. The van der Waals surface area contributed by atoms with Crippen LogP contribution in [0.2, 0.25) is 0 Å². The zero-order valence-corrected chi connectivity index (χ0v) is 14.2. The summed E-state index contributed by atoms with van der Waals surface area (Å²) in [6.45, 7) is 5.83. The maximum Gasteiger partial charge on any atom is 0.0467 e. The van der Waals surface area contributed by atoms with E-state index in [1.54, 1.807) is 0 Å². The van der Waals surface area contributed by atoms with Crippen LogP contribution in [0.15, 0.2) is 60.7 Å². The van der Waals surface area contributed by atoms with Gasteiger partial charge in [0, 0.05) is 25.7 Å². The van der Waals surface area contributed by atoms with Gasteiger partial charge in [0.2, 0.25) is 0 Å². The van der Waals surface area contributed by atoms with E-state index in [2.05, 4.69) is 77.6 Å². The minimum Gasteiger partial charge on any atom is -0.241 e. The van der Waals surface area contributed by atoms with Gasteiger partial charge in [0.25, 0.3) is 0 Å². The summed E-state index contributed by atoms with van der Waals surface area (Å²) in [5.41, 5.74) is 2.83. The first-order chi connectivity index (χ1) is 11.3. The fraction of sp³-hybridized carbons (Fsp3) is 0.429. The molecule has 0 bridgehead atoms. The van der Waals surface area contributed by atoms with Crippen LogP contribution in [0.25, 0.3) is 0 Å². The molecule has 122 valence electrons. The van der Waals surface area contributed by atoms with Gasteiger partial charge in [-0.25, -0.2) is 10.0 Å². The van der Waals surface area contributed by atoms with Crippen molar-refractivity contribution < 1.29 is 0 Å². The summed E-state index contributed by atoms with van der Waals surface area (Å²) in [6, 6.07) is 22.2. The average molecular weight is 308 g/mol. The number of nitrogens with zero attached hydrogens (tertiary/aromatic N) is 2. The molecule has 1 aliphatic heterocycles. The highest BCUT2D eigenvalue weighted by Gasteiger charge is 2.23. The molecule has 0 aliphatic carbocycles. The normalized spacial score (nSPS) is 17.3. The Balaban J connectivity index is 1.73. The van der Waals surface area contributed by atoms with Crippen molar-refractivity contribution in [3.05, 3.63) is 71.8 Å². The fourth-order valence-electron chi connectivity index (χ4n) is 3.51. The lowest BCUT2D eigenvalue weighted by atomic mass is 10.1. The predicted molar refractivity (Wildman–Crippen MR) is 97.1 cm³/mol. The van der Waals surface area contributed by atoms with Gasteiger partial charge in [0.15, 0.2) is 0 Å². The number of rotatable bonds is 6. The molecule has 2 heteroatoms. The molecular formula is C21H28N2. The van der Waals surface area contributed by atoms with Crippen LogP contribution in [-0.2, 0) is 6.42 Å². The van der Waals surface area contributed by atoms with Crippen LogP contribution in [0.1, 0.15) is 43.4 Å². The molecule has 2 aromatic carbocycles. The fourth-order valence-corrected chi connectivity index (χ4v) is 3.51. The molecule has 2 aromatic rings. The smallest absolute Gasteiger partial charge is 0.0467 e. The van der Waals surface area contributed by atoms with Crippen LogP contribution in [0.3, 0.4) is 0 Å². The molecule has 2 nitrogen and oxygen atoms in total. The van der Waals surface area contributed by atoms with E-state index in [1.807, 2.05) is 0 Å². The number of benzene rings is 2. The summed E-state index contributed by atoms with van der Waals surface area (Å²) in [4.78, 5) is 0. The monoisotopic (exact) mass is 308 g/mol. The van der Waals surface area contributed by atoms with Gasteiger partial charge in [-0.2, -0.15) is 0 Å². The summed E-state index contributed by atoms with van der Waals surface area (Å²) in [5, 5.41) is 5.19. The second-order valence-electron chi connectivity index (χ2n) is 6.50. The van der Waals surface area contributed by atoms with E-state index in [1.165, 1.54) is 43.5 Å². The van der Waals surface area contributed by atoms with Crippen LogP contribution in [0.4, 0.5) is 0 Å². The molecule has 0 radical (unpaired) electrons. The highest BCUT2D eigenvalue weighted by atomic mass is 15.6. The summed E-state index contributed by atoms with van der Waals surface area (Å²) in [5.74, 6) is 0. The van der Waals surface area contributed by atoms with Gasteiger partial charge in [0.1, 0.15) is 0 Å². The third-order valence-electron chi connectivity index (χ3n) is 4.90. The van der Waals surface area contributed by atoms with E-state index in [9.17, 15) is 0 Å². The molecule has 0 aromatic heterocycles. The molecular weight excluding hydrogens is 280 g/mol. The van der Waals surface area contributed by atoms with Crippen molar-refractivity contribution >= 4 is 0 Å². The Kier molecular flexibility index (Phi) is 5.84. The molecule has 1 aliphatic rings. The van der Waals surface area contributed by atoms with E-state index < -0.39 is 0 Å². The van der Waals surface area contributed by atoms with E-state index in [4.69, 9.17) is 0 Å². The summed E-state index contributed by atoms with van der Waals surface area (Å²) in [7, 11) is 0. The average Bonchev–Trinajstić information content (AvgIpc) is 2.64. The number of hydrogen-bond donors (Lipinski definition) is 0. The van der Waals surface area contributed by atoms with Crippen molar-refractivity contribution in [1.82, 2.24) is 10.0 Å². The van der Waals surface area contributed by atoms with Crippen molar-refractivity contribution in [3.8, 4) is 0 Å². The molecule has 0 spiro atoms. The third kappa shape index (κ3) is 4.43. The van der Waals surface area contributed by atoms with Crippen molar-refractivity contribution in [2.24, 2.45) is 0 Å². The largest absolute Gasteiger partial charge is 0.241 e. The van der Waals surface area contributed by atoms with Gasteiger partial charge in [-0.15, -0.1) is 0 Å². The summed E-state index contributed by atoms with van der Waals surface area (Å²) < 4.78 is 0. The van der Waals surface area contributed by atoms with Gasteiger partial charge >= 0.3 is 0 Å². The lowest BCUT2D eigenvalue weighted by Crippen LogP contribution is -2.47. The van der Waals surface area contributed by atoms with Crippen molar-refractivity contribution in [1.29, 1.82) is 0 Å². The lowest BCUT2D eigenvalue weighted by molar-refractivity contribution is -0.0686. The standard InChI is InChI=1S/C21H28N2/c1-19(21-13-7-3-8-14-21)23(22-16-9-4-10-17-22)18-15-20-11-5-2-6-12-20/h2-3,5-8,11-14,19H,4,9-10,15-18H2,1H3. The zero-order valence-electron chi connectivity index (χ0n) is 14.2. The Hall–Kier alpha value is -1.64. The van der Waals surface area contributed by atoms with E-state index in [0.717, 1.165) is 13.0 Å². The topological polar surface area (TPSA) is 6.48 Å². The molecule has 1 atom stereocenters.